The third-order valence-electron chi connectivity index (χ3n) is 3.05. The number of carbonyl (C=O) groups is 1. The zero-order chi connectivity index (χ0) is 14.2. The molecule has 0 radical (unpaired) electrons. The van der Waals surface area contributed by atoms with Crippen LogP contribution in [-0.2, 0) is 11.0 Å². The van der Waals surface area contributed by atoms with Crippen molar-refractivity contribution >= 4 is 23.2 Å². The molecule has 6 heteroatoms. The maximum absolute atomic E-state index is 13.0. The van der Waals surface area contributed by atoms with Crippen molar-refractivity contribution in [1.82, 2.24) is 0 Å². The van der Waals surface area contributed by atoms with Gasteiger partial charge in [-0.15, -0.1) is 6.58 Å². The largest absolute Gasteiger partial charge is 0.418 e. The molecule has 1 saturated heterocycles. The molecular weight excluding hydrogens is 279 g/mol. The quantitative estimate of drug-likeness (QED) is 0.756. The summed E-state index contributed by atoms with van der Waals surface area (Å²) in [5.41, 5.74) is -1.15. The summed E-state index contributed by atoms with van der Waals surface area (Å²) in [5, 5.41) is -0.0760. The number of rotatable bonds is 2. The number of amides is 1. The lowest BCUT2D eigenvalue weighted by Crippen LogP contribution is -2.27. The Hall–Kier alpha value is -1.49. The minimum absolute atomic E-state index is 0.0760. The van der Waals surface area contributed by atoms with E-state index in [1.54, 1.807) is 6.08 Å². The number of halogens is 4. The van der Waals surface area contributed by atoms with Gasteiger partial charge < -0.3 is 4.90 Å². The lowest BCUT2D eigenvalue weighted by Gasteiger charge is -2.22. The Morgan fingerprint density at radius 2 is 2.11 bits per heavy atom. The van der Waals surface area contributed by atoms with Gasteiger partial charge in [0.25, 0.3) is 0 Å². The topological polar surface area (TPSA) is 20.3 Å². The van der Waals surface area contributed by atoms with E-state index in [1.807, 2.05) is 0 Å². The maximum atomic E-state index is 13.0. The van der Waals surface area contributed by atoms with Gasteiger partial charge in [-0.1, -0.05) is 23.7 Å². The molecule has 2 nitrogen and oxygen atoms in total. The van der Waals surface area contributed by atoms with Crippen LogP contribution in [0.1, 0.15) is 12.0 Å². The Morgan fingerprint density at radius 1 is 1.42 bits per heavy atom. The molecule has 1 aliphatic heterocycles. The first kappa shape index (κ1) is 13.9. The highest BCUT2D eigenvalue weighted by Crippen LogP contribution is 2.42. The van der Waals surface area contributed by atoms with Gasteiger partial charge in [-0.3, -0.25) is 4.79 Å². The summed E-state index contributed by atoms with van der Waals surface area (Å²) >= 11 is 5.85. The van der Waals surface area contributed by atoms with Crippen LogP contribution >= 0.6 is 11.6 Å². The van der Waals surface area contributed by atoms with Crippen LogP contribution in [0, 0.1) is 5.92 Å². The molecule has 1 atom stereocenters. The van der Waals surface area contributed by atoms with Gasteiger partial charge in [0.15, 0.2) is 0 Å². The highest BCUT2D eigenvalue weighted by molar-refractivity contribution is 6.34. The van der Waals surface area contributed by atoms with Crippen molar-refractivity contribution in [3.63, 3.8) is 0 Å². The summed E-state index contributed by atoms with van der Waals surface area (Å²) < 4.78 is 38.9. The molecule has 0 bridgehead atoms. The van der Waals surface area contributed by atoms with Crippen LogP contribution < -0.4 is 4.90 Å². The number of nitrogens with zero attached hydrogens (tertiary/aromatic N) is 1. The Morgan fingerprint density at radius 3 is 2.63 bits per heavy atom. The van der Waals surface area contributed by atoms with Crippen LogP contribution in [0.4, 0.5) is 18.9 Å². The molecule has 2 rings (SSSR count). The number of alkyl halides is 3. The molecule has 1 amide bonds. The molecule has 1 aromatic carbocycles. The molecule has 1 fully saturated rings. The molecule has 1 heterocycles. The third kappa shape index (κ3) is 2.61. The fourth-order valence-electron chi connectivity index (χ4n) is 2.13. The van der Waals surface area contributed by atoms with Crippen molar-refractivity contribution < 1.29 is 18.0 Å². The van der Waals surface area contributed by atoms with E-state index in [0.717, 1.165) is 11.0 Å². The number of anilines is 1. The molecule has 102 valence electrons. The summed E-state index contributed by atoms with van der Waals surface area (Å²) in [5.74, 6) is -0.520. The first-order valence-electron chi connectivity index (χ1n) is 5.63. The minimum atomic E-state index is -4.55. The second-order valence-corrected chi connectivity index (χ2v) is 4.75. The Labute approximate surface area is 113 Å². The number of benzene rings is 1. The summed E-state index contributed by atoms with van der Waals surface area (Å²) in [6, 6.07) is 3.50. The normalized spacial score (nSPS) is 19.9. The SMILES string of the molecule is C=CC1CC(=O)N(c2c(Cl)cccc2C(F)(F)F)C1. The monoisotopic (exact) mass is 289 g/mol. The zero-order valence-electron chi connectivity index (χ0n) is 9.88. The molecule has 1 unspecified atom stereocenters. The smallest absolute Gasteiger partial charge is 0.310 e. The van der Waals surface area contributed by atoms with Crippen LogP contribution in [0.25, 0.3) is 0 Å². The highest BCUT2D eigenvalue weighted by Gasteiger charge is 2.39. The van der Waals surface area contributed by atoms with Crippen LogP contribution in [0.2, 0.25) is 5.02 Å². The number of para-hydroxylation sites is 1. The fraction of sp³-hybridized carbons (Fsp3) is 0.308. The van der Waals surface area contributed by atoms with E-state index in [4.69, 9.17) is 11.6 Å². The lowest BCUT2D eigenvalue weighted by atomic mass is 10.1. The van der Waals surface area contributed by atoms with Crippen molar-refractivity contribution in [3.8, 4) is 0 Å². The van der Waals surface area contributed by atoms with Crippen LogP contribution in [0.15, 0.2) is 30.9 Å². The van der Waals surface area contributed by atoms with Crippen LogP contribution in [-0.4, -0.2) is 12.5 Å². The lowest BCUT2D eigenvalue weighted by molar-refractivity contribution is -0.137. The summed E-state index contributed by atoms with van der Waals surface area (Å²) in [7, 11) is 0. The average Bonchev–Trinajstić information content (AvgIpc) is 2.69. The number of hydrogen-bond donors (Lipinski definition) is 0. The van der Waals surface area contributed by atoms with Gasteiger partial charge in [-0.25, -0.2) is 0 Å². The molecule has 19 heavy (non-hydrogen) atoms. The molecule has 0 N–H and O–H groups in total. The first-order chi connectivity index (χ1) is 8.84. The van der Waals surface area contributed by atoms with Crippen molar-refractivity contribution in [3.05, 3.63) is 41.4 Å². The Balaban J connectivity index is 2.50. The van der Waals surface area contributed by atoms with Gasteiger partial charge in [0.1, 0.15) is 0 Å². The number of hydrogen-bond acceptors (Lipinski definition) is 1. The summed E-state index contributed by atoms with van der Waals surface area (Å²) in [6.07, 6.45) is -2.82. The van der Waals surface area contributed by atoms with Crippen molar-refractivity contribution in [1.29, 1.82) is 0 Å². The molecular formula is C13H11ClF3NO. The summed E-state index contributed by atoms with van der Waals surface area (Å²) in [4.78, 5) is 12.9. The molecule has 1 aliphatic rings. The highest BCUT2D eigenvalue weighted by atomic mass is 35.5. The standard InChI is InChI=1S/C13H11ClF3NO/c1-2-8-6-11(19)18(7-8)12-9(13(15,16)17)4-3-5-10(12)14/h2-5,8H,1,6-7H2. The van der Waals surface area contributed by atoms with Crippen LogP contribution in [0.3, 0.4) is 0 Å². The van der Waals surface area contributed by atoms with E-state index in [0.29, 0.717) is 0 Å². The fourth-order valence-corrected chi connectivity index (χ4v) is 2.40. The van der Waals surface area contributed by atoms with Gasteiger partial charge in [0.05, 0.1) is 16.3 Å². The van der Waals surface area contributed by atoms with E-state index in [-0.39, 0.29) is 35.5 Å². The van der Waals surface area contributed by atoms with Gasteiger partial charge >= 0.3 is 6.18 Å². The molecule has 0 saturated carbocycles. The molecule has 0 spiro atoms. The predicted octanol–water partition coefficient (Wildman–Crippen LogP) is 3.90. The maximum Gasteiger partial charge on any atom is 0.418 e. The number of carbonyl (C=O) groups excluding carboxylic acids is 1. The van der Waals surface area contributed by atoms with Crippen molar-refractivity contribution in [2.24, 2.45) is 5.92 Å². The van der Waals surface area contributed by atoms with E-state index in [1.165, 1.54) is 12.1 Å². The summed E-state index contributed by atoms with van der Waals surface area (Å²) in [6.45, 7) is 3.74. The Bertz CT molecular complexity index is 527. The first-order valence-corrected chi connectivity index (χ1v) is 6.01. The van der Waals surface area contributed by atoms with Crippen molar-refractivity contribution in [2.45, 2.75) is 12.6 Å². The minimum Gasteiger partial charge on any atom is -0.310 e. The average molecular weight is 290 g/mol. The molecule has 1 aromatic rings. The van der Waals surface area contributed by atoms with Crippen LogP contribution in [0.5, 0.6) is 0 Å². The second kappa shape index (κ2) is 4.89. The third-order valence-corrected chi connectivity index (χ3v) is 3.36. The van der Waals surface area contributed by atoms with E-state index in [2.05, 4.69) is 6.58 Å². The van der Waals surface area contributed by atoms with E-state index >= 15 is 0 Å². The molecule has 0 aromatic heterocycles. The zero-order valence-corrected chi connectivity index (χ0v) is 10.6. The van der Waals surface area contributed by atoms with Gasteiger partial charge in [0, 0.05) is 18.9 Å². The Kier molecular flexibility index (Phi) is 3.58. The predicted molar refractivity (Wildman–Crippen MR) is 67.1 cm³/mol. The second-order valence-electron chi connectivity index (χ2n) is 4.34. The molecule has 0 aliphatic carbocycles. The van der Waals surface area contributed by atoms with E-state index in [9.17, 15) is 18.0 Å². The van der Waals surface area contributed by atoms with Gasteiger partial charge in [0.2, 0.25) is 5.91 Å². The van der Waals surface area contributed by atoms with Gasteiger partial charge in [-0.05, 0) is 12.1 Å². The van der Waals surface area contributed by atoms with Gasteiger partial charge in [-0.2, -0.15) is 13.2 Å². The van der Waals surface area contributed by atoms with E-state index < -0.39 is 11.7 Å². The van der Waals surface area contributed by atoms with Crippen molar-refractivity contribution in [2.75, 3.05) is 11.4 Å².